The van der Waals surface area contributed by atoms with Crippen LogP contribution in [0.2, 0.25) is 0 Å². The summed E-state index contributed by atoms with van der Waals surface area (Å²) < 4.78 is 13.1. The number of aromatic nitrogens is 3. The average molecular weight is 363 g/mol. The van der Waals surface area contributed by atoms with Crippen LogP contribution < -0.4 is 4.74 Å². The van der Waals surface area contributed by atoms with E-state index in [0.29, 0.717) is 11.6 Å². The highest BCUT2D eigenvalue weighted by Gasteiger charge is 2.10. The average Bonchev–Trinajstić information content (AvgIpc) is 3.36. The number of hydrogen-bond acceptors (Lipinski definition) is 5. The molecule has 0 fully saturated rings. The summed E-state index contributed by atoms with van der Waals surface area (Å²) >= 11 is 1.58. The molecule has 0 N–H and O–H groups in total. The molecule has 4 rings (SSSR count). The summed E-state index contributed by atoms with van der Waals surface area (Å²) in [5.41, 5.74) is 2.05. The number of thioether (sulfide) groups is 1. The molecule has 0 bridgehead atoms. The lowest BCUT2D eigenvalue weighted by atomic mass is 10.2. The zero-order valence-electron chi connectivity index (χ0n) is 14.2. The number of hydrogen-bond donors (Lipinski definition) is 0. The molecular weight excluding hydrogens is 346 g/mol. The van der Waals surface area contributed by atoms with Gasteiger partial charge in [-0.15, -0.1) is 0 Å². The third-order valence-electron chi connectivity index (χ3n) is 3.89. The maximum Gasteiger partial charge on any atom is 0.205 e. The summed E-state index contributed by atoms with van der Waals surface area (Å²) in [7, 11) is 1.66. The van der Waals surface area contributed by atoms with Gasteiger partial charge in [0, 0.05) is 23.6 Å². The van der Waals surface area contributed by atoms with Crippen molar-refractivity contribution >= 4 is 11.8 Å². The zero-order valence-corrected chi connectivity index (χ0v) is 15.0. The maximum absolute atomic E-state index is 5.86. The van der Waals surface area contributed by atoms with Crippen molar-refractivity contribution in [2.75, 3.05) is 7.11 Å². The molecular formula is C20H17N3O2S. The standard InChI is InChI=1S/C20H17N3O2S/c1-24-17-9-7-16(8-10-17)23-12-11-21-20(23)26-14-19-22-13-18(25-19)15-5-3-2-4-6-15/h2-13H,14H2,1H3. The molecule has 2 aromatic heterocycles. The molecule has 6 heteroatoms. The number of methoxy groups -OCH3 is 1. The van der Waals surface area contributed by atoms with E-state index in [4.69, 9.17) is 9.15 Å². The fourth-order valence-corrected chi connectivity index (χ4v) is 3.40. The van der Waals surface area contributed by atoms with Gasteiger partial charge in [-0.1, -0.05) is 42.1 Å². The summed E-state index contributed by atoms with van der Waals surface area (Å²) in [5.74, 6) is 2.90. The number of benzene rings is 2. The molecule has 4 aromatic rings. The quantitative estimate of drug-likeness (QED) is 0.459. The fraction of sp³-hybridized carbons (Fsp3) is 0.100. The third-order valence-corrected chi connectivity index (χ3v) is 4.85. The van der Waals surface area contributed by atoms with E-state index in [1.54, 1.807) is 31.3 Å². The molecule has 0 amide bonds. The summed E-state index contributed by atoms with van der Waals surface area (Å²) in [6.45, 7) is 0. The van der Waals surface area contributed by atoms with Gasteiger partial charge in [0.25, 0.3) is 0 Å². The topological polar surface area (TPSA) is 53.1 Å². The van der Waals surface area contributed by atoms with Crippen LogP contribution in [-0.4, -0.2) is 21.6 Å². The van der Waals surface area contributed by atoms with Crippen LogP contribution in [0.1, 0.15) is 5.89 Å². The molecule has 26 heavy (non-hydrogen) atoms. The first-order valence-corrected chi connectivity index (χ1v) is 9.13. The van der Waals surface area contributed by atoms with Gasteiger partial charge in [-0.2, -0.15) is 0 Å². The van der Waals surface area contributed by atoms with Crippen LogP contribution in [0.5, 0.6) is 5.75 Å². The first-order chi connectivity index (χ1) is 12.8. The lowest BCUT2D eigenvalue weighted by Crippen LogP contribution is -1.95. The van der Waals surface area contributed by atoms with Gasteiger partial charge in [0.05, 0.1) is 19.1 Å². The Hall–Kier alpha value is -2.99. The first kappa shape index (κ1) is 16.5. The normalized spacial score (nSPS) is 10.8. The number of oxazole rings is 1. The lowest BCUT2D eigenvalue weighted by molar-refractivity contribution is 0.414. The van der Waals surface area contributed by atoms with E-state index in [1.165, 1.54) is 0 Å². The zero-order chi connectivity index (χ0) is 17.8. The van der Waals surface area contributed by atoms with Crippen LogP contribution >= 0.6 is 11.8 Å². The summed E-state index contributed by atoms with van der Waals surface area (Å²) in [4.78, 5) is 8.82. The largest absolute Gasteiger partial charge is 0.497 e. The van der Waals surface area contributed by atoms with Crippen molar-refractivity contribution in [2.45, 2.75) is 10.9 Å². The highest BCUT2D eigenvalue weighted by Crippen LogP contribution is 2.27. The molecule has 0 saturated carbocycles. The van der Waals surface area contributed by atoms with Crippen molar-refractivity contribution in [3.05, 3.63) is 79.1 Å². The molecule has 0 unspecified atom stereocenters. The second-order valence-electron chi connectivity index (χ2n) is 5.55. The van der Waals surface area contributed by atoms with Crippen LogP contribution in [0.4, 0.5) is 0 Å². The fourth-order valence-electron chi connectivity index (χ4n) is 2.58. The van der Waals surface area contributed by atoms with Crippen LogP contribution in [0.25, 0.3) is 17.0 Å². The second kappa shape index (κ2) is 7.49. The molecule has 0 aliphatic carbocycles. The highest BCUT2D eigenvalue weighted by molar-refractivity contribution is 7.98. The van der Waals surface area contributed by atoms with E-state index in [1.807, 2.05) is 65.4 Å². The molecule has 0 saturated heterocycles. The van der Waals surface area contributed by atoms with Gasteiger partial charge in [-0.25, -0.2) is 9.97 Å². The monoisotopic (exact) mass is 363 g/mol. The van der Waals surface area contributed by atoms with E-state index in [-0.39, 0.29) is 0 Å². The highest BCUT2D eigenvalue weighted by atomic mass is 32.2. The maximum atomic E-state index is 5.86. The van der Waals surface area contributed by atoms with E-state index in [9.17, 15) is 0 Å². The Kier molecular flexibility index (Phi) is 4.75. The molecule has 2 aromatic carbocycles. The lowest BCUT2D eigenvalue weighted by Gasteiger charge is -2.07. The Morgan fingerprint density at radius 3 is 2.62 bits per heavy atom. The van der Waals surface area contributed by atoms with Crippen LogP contribution in [0.3, 0.4) is 0 Å². The van der Waals surface area contributed by atoms with E-state index >= 15 is 0 Å². The molecule has 130 valence electrons. The van der Waals surface area contributed by atoms with Gasteiger partial charge in [-0.05, 0) is 24.3 Å². The summed E-state index contributed by atoms with van der Waals surface area (Å²) in [5, 5.41) is 0.884. The van der Waals surface area contributed by atoms with E-state index in [2.05, 4.69) is 9.97 Å². The molecule has 0 radical (unpaired) electrons. The minimum Gasteiger partial charge on any atom is -0.497 e. The molecule has 0 spiro atoms. The SMILES string of the molecule is COc1ccc(-n2ccnc2SCc2ncc(-c3ccccc3)o2)cc1. The van der Waals surface area contributed by atoms with E-state index in [0.717, 1.165) is 27.9 Å². The van der Waals surface area contributed by atoms with Crippen molar-refractivity contribution in [1.82, 2.24) is 14.5 Å². The Labute approximate surface area is 155 Å². The van der Waals surface area contributed by atoms with Crippen molar-refractivity contribution in [3.8, 4) is 22.8 Å². The van der Waals surface area contributed by atoms with E-state index < -0.39 is 0 Å². The van der Waals surface area contributed by atoms with Crippen molar-refractivity contribution in [3.63, 3.8) is 0 Å². The first-order valence-electron chi connectivity index (χ1n) is 8.14. The van der Waals surface area contributed by atoms with Gasteiger partial charge >= 0.3 is 0 Å². The Balaban J connectivity index is 1.47. The summed E-state index contributed by atoms with van der Waals surface area (Å²) in [6, 6.07) is 17.8. The molecule has 0 atom stereocenters. The second-order valence-corrected chi connectivity index (χ2v) is 6.49. The predicted molar refractivity (Wildman–Crippen MR) is 102 cm³/mol. The van der Waals surface area contributed by atoms with Crippen LogP contribution in [0, 0.1) is 0 Å². The van der Waals surface area contributed by atoms with Gasteiger partial charge in [0.15, 0.2) is 10.9 Å². The van der Waals surface area contributed by atoms with Gasteiger partial charge in [0.2, 0.25) is 5.89 Å². The number of nitrogens with zero attached hydrogens (tertiary/aromatic N) is 3. The van der Waals surface area contributed by atoms with Crippen LogP contribution in [-0.2, 0) is 5.75 Å². The Morgan fingerprint density at radius 1 is 1.04 bits per heavy atom. The Morgan fingerprint density at radius 2 is 1.85 bits per heavy atom. The van der Waals surface area contributed by atoms with Crippen molar-refractivity contribution in [2.24, 2.45) is 0 Å². The smallest absolute Gasteiger partial charge is 0.205 e. The van der Waals surface area contributed by atoms with Gasteiger partial charge in [-0.3, -0.25) is 4.57 Å². The van der Waals surface area contributed by atoms with Gasteiger partial charge in [0.1, 0.15) is 5.75 Å². The number of ether oxygens (including phenoxy) is 1. The molecule has 5 nitrogen and oxygen atoms in total. The molecule has 2 heterocycles. The van der Waals surface area contributed by atoms with Crippen molar-refractivity contribution < 1.29 is 9.15 Å². The van der Waals surface area contributed by atoms with Crippen molar-refractivity contribution in [1.29, 1.82) is 0 Å². The minimum atomic E-state index is 0.611. The minimum absolute atomic E-state index is 0.611. The van der Waals surface area contributed by atoms with Gasteiger partial charge < -0.3 is 9.15 Å². The Bertz CT molecular complexity index is 978. The predicted octanol–water partition coefficient (Wildman–Crippen LogP) is 4.83. The molecule has 0 aliphatic heterocycles. The van der Waals surface area contributed by atoms with Crippen LogP contribution in [0.15, 0.2) is 82.8 Å². The molecule has 0 aliphatic rings. The number of rotatable bonds is 6. The third kappa shape index (κ3) is 3.50. The summed E-state index contributed by atoms with van der Waals surface area (Å²) in [6.07, 6.45) is 5.49. The number of imidazole rings is 1.